The Hall–Kier alpha value is -4.35. The molecule has 0 unspecified atom stereocenters. The van der Waals surface area contributed by atoms with Gasteiger partial charge < -0.3 is 14.6 Å². The quantitative estimate of drug-likeness (QED) is 0.293. The summed E-state index contributed by atoms with van der Waals surface area (Å²) in [5.74, 6) is 1.46. The van der Waals surface area contributed by atoms with Gasteiger partial charge in [-0.05, 0) is 70.7 Å². The van der Waals surface area contributed by atoms with E-state index >= 15 is 0 Å². The molecule has 1 aliphatic rings. The Balaban J connectivity index is 1.21. The molecular weight excluding hydrogens is 448 g/mol. The molecular formula is C31H28N2O3. The molecule has 0 fully saturated rings. The molecule has 3 aromatic carbocycles. The number of nitrogens with one attached hydrogen (secondary N) is 1. The van der Waals surface area contributed by atoms with Gasteiger partial charge in [-0.15, -0.1) is 0 Å². The lowest BCUT2D eigenvalue weighted by molar-refractivity contribution is 0.281. The average molecular weight is 477 g/mol. The van der Waals surface area contributed by atoms with Gasteiger partial charge in [0.2, 0.25) is 0 Å². The van der Waals surface area contributed by atoms with Crippen molar-refractivity contribution in [3.8, 4) is 11.5 Å². The van der Waals surface area contributed by atoms with Crippen LogP contribution in [0.1, 0.15) is 44.8 Å². The summed E-state index contributed by atoms with van der Waals surface area (Å²) < 4.78 is 11.5. The molecule has 0 atom stereocenters. The van der Waals surface area contributed by atoms with Crippen LogP contribution in [-0.4, -0.2) is 22.4 Å². The maximum absolute atomic E-state index is 9.17. The number of benzene rings is 3. The van der Waals surface area contributed by atoms with Crippen molar-refractivity contribution >= 4 is 30.4 Å². The molecule has 1 aromatic heterocycles. The fourth-order valence-corrected chi connectivity index (χ4v) is 4.09. The van der Waals surface area contributed by atoms with Crippen molar-refractivity contribution in [3.63, 3.8) is 0 Å². The first kappa shape index (κ1) is 23.4. The topological polar surface area (TPSA) is 67.4 Å². The summed E-state index contributed by atoms with van der Waals surface area (Å²) in [6.07, 6.45) is 13.4. The van der Waals surface area contributed by atoms with Crippen LogP contribution in [0.4, 0.5) is 0 Å². The van der Waals surface area contributed by atoms with Gasteiger partial charge in [-0.3, -0.25) is 5.10 Å². The maximum Gasteiger partial charge on any atom is 0.129 e. The Kier molecular flexibility index (Phi) is 7.10. The molecule has 5 nitrogen and oxygen atoms in total. The van der Waals surface area contributed by atoms with Crippen LogP contribution in [0.3, 0.4) is 0 Å². The Labute approximate surface area is 211 Å². The van der Waals surface area contributed by atoms with Crippen LogP contribution in [0, 0.1) is 0 Å². The highest BCUT2D eigenvalue weighted by Crippen LogP contribution is 2.27. The third-order valence-corrected chi connectivity index (χ3v) is 6.12. The number of hydrogen-bond acceptors (Lipinski definition) is 4. The van der Waals surface area contributed by atoms with E-state index in [9.17, 15) is 0 Å². The van der Waals surface area contributed by atoms with Crippen molar-refractivity contribution in [2.24, 2.45) is 0 Å². The van der Waals surface area contributed by atoms with Crippen LogP contribution < -0.4 is 9.47 Å². The van der Waals surface area contributed by atoms with E-state index in [1.54, 1.807) is 7.11 Å². The highest BCUT2D eigenvalue weighted by atomic mass is 16.5. The molecule has 0 radical (unpaired) electrons. The van der Waals surface area contributed by atoms with Gasteiger partial charge in [-0.1, -0.05) is 60.7 Å². The number of aliphatic hydroxyl groups is 1. The second kappa shape index (κ2) is 10.9. The van der Waals surface area contributed by atoms with E-state index in [2.05, 4.69) is 46.6 Å². The Morgan fingerprint density at radius 1 is 0.917 bits per heavy atom. The van der Waals surface area contributed by atoms with E-state index in [1.807, 2.05) is 66.8 Å². The van der Waals surface area contributed by atoms with Gasteiger partial charge in [0, 0.05) is 11.6 Å². The minimum Gasteiger partial charge on any atom is -0.496 e. The summed E-state index contributed by atoms with van der Waals surface area (Å²) in [5, 5.41) is 16.6. The number of fused-ring (bicyclic) bond motifs is 1. The number of aromatic amines is 1. The number of nitrogens with zero attached hydrogens (tertiary/aromatic N) is 1. The number of rotatable bonds is 9. The molecule has 36 heavy (non-hydrogen) atoms. The number of allylic oxidation sites excluding steroid dienone is 1. The molecule has 5 heteroatoms. The Morgan fingerprint density at radius 2 is 1.78 bits per heavy atom. The molecule has 5 rings (SSSR count). The van der Waals surface area contributed by atoms with Crippen LogP contribution in [0.2, 0.25) is 0 Å². The molecule has 2 N–H and O–H groups in total. The summed E-state index contributed by atoms with van der Waals surface area (Å²) in [4.78, 5) is 0. The molecule has 0 bridgehead atoms. The maximum atomic E-state index is 9.17. The van der Waals surface area contributed by atoms with Gasteiger partial charge in [0.25, 0.3) is 0 Å². The summed E-state index contributed by atoms with van der Waals surface area (Å²) in [5.41, 5.74) is 8.48. The molecule has 1 heterocycles. The van der Waals surface area contributed by atoms with Crippen LogP contribution in [0.25, 0.3) is 30.4 Å². The standard InChI is InChI=1S/C31H28N2O3/c1-35-31-19-30(36-21-24-7-5-23(20-34)6-8-24)16-13-26(31)12-15-29-18-28(32-33-29)14-10-22-9-11-25-3-2-4-27(25)17-22/h2-3,5-19,34H,4,20-21H2,1H3,(H,32,33)/b14-10+,15-12+. The molecule has 1 aliphatic carbocycles. The third-order valence-electron chi connectivity index (χ3n) is 6.12. The zero-order valence-corrected chi connectivity index (χ0v) is 20.1. The van der Waals surface area contributed by atoms with Crippen LogP contribution >= 0.6 is 0 Å². The molecule has 0 saturated heterocycles. The van der Waals surface area contributed by atoms with E-state index in [0.29, 0.717) is 6.61 Å². The lowest BCUT2D eigenvalue weighted by Crippen LogP contribution is -1.97. The van der Waals surface area contributed by atoms with Crippen molar-refractivity contribution in [3.05, 3.63) is 118 Å². The zero-order chi connectivity index (χ0) is 24.7. The van der Waals surface area contributed by atoms with E-state index in [-0.39, 0.29) is 6.61 Å². The number of methoxy groups -OCH3 is 1. The molecule has 0 spiro atoms. The van der Waals surface area contributed by atoms with Crippen molar-refractivity contribution in [2.45, 2.75) is 19.6 Å². The van der Waals surface area contributed by atoms with Gasteiger partial charge in [0.1, 0.15) is 18.1 Å². The first-order valence-electron chi connectivity index (χ1n) is 11.9. The van der Waals surface area contributed by atoms with Crippen molar-refractivity contribution in [2.75, 3.05) is 7.11 Å². The predicted molar refractivity (Wildman–Crippen MR) is 145 cm³/mol. The second-order valence-corrected chi connectivity index (χ2v) is 8.65. The van der Waals surface area contributed by atoms with Gasteiger partial charge in [-0.25, -0.2) is 0 Å². The zero-order valence-electron chi connectivity index (χ0n) is 20.1. The van der Waals surface area contributed by atoms with E-state index in [0.717, 1.165) is 46.0 Å². The average Bonchev–Trinajstić information content (AvgIpc) is 3.59. The first-order chi connectivity index (χ1) is 17.7. The van der Waals surface area contributed by atoms with Gasteiger partial charge in [-0.2, -0.15) is 5.10 Å². The highest BCUT2D eigenvalue weighted by molar-refractivity contribution is 5.75. The van der Waals surface area contributed by atoms with Crippen LogP contribution in [0.5, 0.6) is 11.5 Å². The summed E-state index contributed by atoms with van der Waals surface area (Å²) in [6, 6.07) is 22.0. The van der Waals surface area contributed by atoms with Crippen LogP contribution in [-0.2, 0) is 19.6 Å². The molecule has 0 saturated carbocycles. The lowest BCUT2D eigenvalue weighted by Gasteiger charge is -2.10. The summed E-state index contributed by atoms with van der Waals surface area (Å²) in [6.45, 7) is 0.480. The Bertz CT molecular complexity index is 1430. The van der Waals surface area contributed by atoms with E-state index < -0.39 is 0 Å². The number of aromatic nitrogens is 2. The normalized spacial score (nSPS) is 12.5. The minimum absolute atomic E-state index is 0.0388. The third kappa shape index (κ3) is 5.65. The lowest BCUT2D eigenvalue weighted by atomic mass is 10.1. The largest absolute Gasteiger partial charge is 0.496 e. The number of H-pyrrole nitrogens is 1. The van der Waals surface area contributed by atoms with Crippen molar-refractivity contribution in [1.82, 2.24) is 10.2 Å². The highest BCUT2D eigenvalue weighted by Gasteiger charge is 2.06. The minimum atomic E-state index is 0.0388. The second-order valence-electron chi connectivity index (χ2n) is 8.65. The predicted octanol–water partition coefficient (Wildman–Crippen LogP) is 6.40. The fourth-order valence-electron chi connectivity index (χ4n) is 4.09. The smallest absolute Gasteiger partial charge is 0.129 e. The van der Waals surface area contributed by atoms with Gasteiger partial charge in [0.15, 0.2) is 0 Å². The SMILES string of the molecule is COc1cc(OCc2ccc(CO)cc2)ccc1/C=C/c1cc(/C=C/c2ccc3c(c2)CC=C3)n[nH]1. The monoisotopic (exact) mass is 476 g/mol. The first-order valence-corrected chi connectivity index (χ1v) is 11.9. The van der Waals surface area contributed by atoms with E-state index in [1.165, 1.54) is 16.7 Å². The Morgan fingerprint density at radius 3 is 2.61 bits per heavy atom. The number of hydrogen-bond donors (Lipinski definition) is 2. The number of aliphatic hydroxyl groups excluding tert-OH is 1. The van der Waals surface area contributed by atoms with Gasteiger partial charge in [0.05, 0.1) is 25.1 Å². The van der Waals surface area contributed by atoms with Crippen molar-refractivity contribution in [1.29, 1.82) is 0 Å². The van der Waals surface area contributed by atoms with Gasteiger partial charge >= 0.3 is 0 Å². The van der Waals surface area contributed by atoms with E-state index in [4.69, 9.17) is 14.6 Å². The van der Waals surface area contributed by atoms with Crippen LogP contribution in [0.15, 0.2) is 72.8 Å². The van der Waals surface area contributed by atoms with Crippen molar-refractivity contribution < 1.29 is 14.6 Å². The number of ether oxygens (including phenoxy) is 2. The molecule has 180 valence electrons. The molecule has 4 aromatic rings. The fraction of sp³-hybridized carbons (Fsp3) is 0.129. The summed E-state index contributed by atoms with van der Waals surface area (Å²) in [7, 11) is 1.65. The summed E-state index contributed by atoms with van der Waals surface area (Å²) >= 11 is 0. The molecule has 0 aliphatic heterocycles. The molecule has 0 amide bonds.